The van der Waals surface area contributed by atoms with E-state index in [2.05, 4.69) is 0 Å². The van der Waals surface area contributed by atoms with Crippen molar-refractivity contribution < 1.29 is 21.6 Å². The van der Waals surface area contributed by atoms with Crippen molar-refractivity contribution in [1.82, 2.24) is 13.5 Å². The quantitative estimate of drug-likeness (QED) is 0.685. The summed E-state index contributed by atoms with van der Waals surface area (Å²) >= 11 is 0. The standard InChI is InChI=1S/C19H29N3O5S2/c1-16(2)19(23)20-10-5-13-22(15-14-20)29(26,27)18-8-6-17(7-9-18)28(24,25)21-11-3-4-12-21/h6-9,16H,3-5,10-15H2,1-2H3. The summed E-state index contributed by atoms with van der Waals surface area (Å²) in [5.74, 6) is -0.0935. The molecule has 29 heavy (non-hydrogen) atoms. The summed E-state index contributed by atoms with van der Waals surface area (Å²) in [5.41, 5.74) is 0. The summed E-state index contributed by atoms with van der Waals surface area (Å²) in [7, 11) is -7.32. The monoisotopic (exact) mass is 443 g/mol. The fourth-order valence-corrected chi connectivity index (χ4v) is 6.72. The number of benzene rings is 1. The Balaban J connectivity index is 1.75. The maximum absolute atomic E-state index is 13.0. The molecular weight excluding hydrogens is 414 g/mol. The number of carbonyl (C=O) groups is 1. The zero-order valence-corrected chi connectivity index (χ0v) is 18.6. The van der Waals surface area contributed by atoms with Crippen molar-refractivity contribution in [2.24, 2.45) is 5.92 Å². The molecule has 8 nitrogen and oxygen atoms in total. The number of rotatable bonds is 5. The van der Waals surface area contributed by atoms with Crippen LogP contribution in [0.2, 0.25) is 0 Å². The molecule has 0 radical (unpaired) electrons. The second-order valence-corrected chi connectivity index (χ2v) is 11.7. The third-order valence-corrected chi connectivity index (χ3v) is 9.25. The summed E-state index contributed by atoms with van der Waals surface area (Å²) in [6, 6.07) is 5.46. The van der Waals surface area contributed by atoms with Crippen molar-refractivity contribution in [2.75, 3.05) is 39.3 Å². The molecule has 10 heteroatoms. The lowest BCUT2D eigenvalue weighted by Crippen LogP contribution is -2.38. The van der Waals surface area contributed by atoms with Crippen molar-refractivity contribution in [3.05, 3.63) is 24.3 Å². The van der Waals surface area contributed by atoms with E-state index in [1.54, 1.807) is 4.90 Å². The number of amides is 1. The molecule has 2 aliphatic rings. The Morgan fingerprint density at radius 2 is 1.17 bits per heavy atom. The summed E-state index contributed by atoms with van der Waals surface area (Å²) in [6.07, 6.45) is 2.26. The van der Waals surface area contributed by atoms with Gasteiger partial charge in [0.25, 0.3) is 0 Å². The fraction of sp³-hybridized carbons (Fsp3) is 0.632. The van der Waals surface area contributed by atoms with Crippen LogP contribution in [0.5, 0.6) is 0 Å². The van der Waals surface area contributed by atoms with E-state index in [1.165, 1.54) is 32.9 Å². The predicted octanol–water partition coefficient (Wildman–Crippen LogP) is 1.35. The van der Waals surface area contributed by atoms with E-state index in [4.69, 9.17) is 0 Å². The number of hydrogen-bond donors (Lipinski definition) is 0. The zero-order valence-electron chi connectivity index (χ0n) is 17.0. The fourth-order valence-electron chi connectivity index (χ4n) is 3.73. The molecule has 0 N–H and O–H groups in total. The minimum atomic E-state index is -3.75. The van der Waals surface area contributed by atoms with Gasteiger partial charge in [-0.3, -0.25) is 4.79 Å². The summed E-state index contributed by atoms with van der Waals surface area (Å²) < 4.78 is 54.1. The highest BCUT2D eigenvalue weighted by molar-refractivity contribution is 7.89. The second-order valence-electron chi connectivity index (χ2n) is 7.82. The lowest BCUT2D eigenvalue weighted by Gasteiger charge is -2.23. The van der Waals surface area contributed by atoms with Crippen LogP contribution in [0, 0.1) is 5.92 Å². The van der Waals surface area contributed by atoms with Gasteiger partial charge in [0.1, 0.15) is 0 Å². The van der Waals surface area contributed by atoms with Crippen LogP contribution in [0.1, 0.15) is 33.1 Å². The Morgan fingerprint density at radius 3 is 1.66 bits per heavy atom. The molecule has 0 spiro atoms. The van der Waals surface area contributed by atoms with Crippen molar-refractivity contribution in [3.8, 4) is 0 Å². The van der Waals surface area contributed by atoms with E-state index >= 15 is 0 Å². The van der Waals surface area contributed by atoms with Crippen LogP contribution in [-0.4, -0.2) is 75.5 Å². The largest absolute Gasteiger partial charge is 0.341 e. The summed E-state index contributed by atoms with van der Waals surface area (Å²) in [5, 5.41) is 0. The van der Waals surface area contributed by atoms with E-state index in [0.717, 1.165) is 12.8 Å². The summed E-state index contributed by atoms with van der Waals surface area (Å²) in [6.45, 7) is 6.13. The van der Waals surface area contributed by atoms with Gasteiger partial charge in [0.2, 0.25) is 26.0 Å². The van der Waals surface area contributed by atoms with E-state index in [9.17, 15) is 21.6 Å². The molecule has 162 valence electrons. The van der Waals surface area contributed by atoms with Gasteiger partial charge in [0.15, 0.2) is 0 Å². The van der Waals surface area contributed by atoms with Crippen molar-refractivity contribution >= 4 is 26.0 Å². The topological polar surface area (TPSA) is 95.1 Å². The first-order valence-electron chi connectivity index (χ1n) is 10.0. The Bertz CT molecular complexity index is 937. The highest BCUT2D eigenvalue weighted by Crippen LogP contribution is 2.24. The molecule has 0 bridgehead atoms. The van der Waals surface area contributed by atoms with E-state index in [1.807, 2.05) is 13.8 Å². The second kappa shape index (κ2) is 8.71. The van der Waals surface area contributed by atoms with Gasteiger partial charge in [-0.05, 0) is 43.5 Å². The molecule has 0 atom stereocenters. The molecule has 0 aliphatic carbocycles. The Hall–Kier alpha value is -1.49. The minimum absolute atomic E-state index is 0.0284. The molecule has 3 rings (SSSR count). The maximum atomic E-state index is 13.0. The smallest absolute Gasteiger partial charge is 0.243 e. The lowest BCUT2D eigenvalue weighted by atomic mass is 10.2. The van der Waals surface area contributed by atoms with E-state index in [-0.39, 0.29) is 28.2 Å². The van der Waals surface area contributed by atoms with Gasteiger partial charge in [-0.1, -0.05) is 13.8 Å². The first kappa shape index (κ1) is 22.2. The molecule has 2 heterocycles. The SMILES string of the molecule is CC(C)C(=O)N1CCCN(S(=O)(=O)c2ccc(S(=O)(=O)N3CCCC3)cc2)CC1. The first-order valence-corrected chi connectivity index (χ1v) is 12.9. The van der Waals surface area contributed by atoms with Crippen LogP contribution in [0.25, 0.3) is 0 Å². The highest BCUT2D eigenvalue weighted by atomic mass is 32.2. The van der Waals surface area contributed by atoms with Crippen LogP contribution < -0.4 is 0 Å². The average molecular weight is 444 g/mol. The van der Waals surface area contributed by atoms with Gasteiger partial charge < -0.3 is 4.90 Å². The van der Waals surface area contributed by atoms with Gasteiger partial charge in [-0.2, -0.15) is 8.61 Å². The van der Waals surface area contributed by atoms with Crippen LogP contribution >= 0.6 is 0 Å². The Kier molecular flexibility index (Phi) is 6.67. The van der Waals surface area contributed by atoms with Crippen molar-refractivity contribution in [3.63, 3.8) is 0 Å². The molecule has 0 unspecified atom stereocenters. The van der Waals surface area contributed by atoms with Gasteiger partial charge in [0, 0.05) is 45.2 Å². The predicted molar refractivity (Wildman–Crippen MR) is 109 cm³/mol. The van der Waals surface area contributed by atoms with E-state index in [0.29, 0.717) is 39.1 Å². The van der Waals surface area contributed by atoms with Gasteiger partial charge in [-0.15, -0.1) is 0 Å². The van der Waals surface area contributed by atoms with Crippen LogP contribution in [0.3, 0.4) is 0 Å². The molecule has 1 aromatic carbocycles. The number of nitrogens with zero attached hydrogens (tertiary/aromatic N) is 3. The summed E-state index contributed by atoms with van der Waals surface area (Å²) in [4.78, 5) is 14.1. The van der Waals surface area contributed by atoms with Gasteiger partial charge >= 0.3 is 0 Å². The first-order chi connectivity index (χ1) is 13.6. The molecular formula is C19H29N3O5S2. The zero-order chi connectivity index (χ0) is 21.2. The minimum Gasteiger partial charge on any atom is -0.341 e. The van der Waals surface area contributed by atoms with Crippen molar-refractivity contribution in [1.29, 1.82) is 0 Å². The van der Waals surface area contributed by atoms with Crippen LogP contribution in [-0.2, 0) is 24.8 Å². The number of carbonyl (C=O) groups excluding carboxylic acids is 1. The molecule has 1 amide bonds. The Labute approximate surface area is 173 Å². The van der Waals surface area contributed by atoms with Crippen LogP contribution in [0.4, 0.5) is 0 Å². The third kappa shape index (κ3) is 4.65. The van der Waals surface area contributed by atoms with Gasteiger partial charge in [0.05, 0.1) is 9.79 Å². The van der Waals surface area contributed by atoms with Gasteiger partial charge in [-0.25, -0.2) is 16.8 Å². The molecule has 0 saturated carbocycles. The number of hydrogen-bond acceptors (Lipinski definition) is 5. The third-order valence-electron chi connectivity index (χ3n) is 5.42. The lowest BCUT2D eigenvalue weighted by molar-refractivity contribution is -0.134. The molecule has 2 saturated heterocycles. The molecule has 0 aromatic heterocycles. The molecule has 2 aliphatic heterocycles. The van der Waals surface area contributed by atoms with Crippen molar-refractivity contribution in [2.45, 2.75) is 42.9 Å². The molecule has 1 aromatic rings. The normalized spacial score (nSPS) is 20.2. The average Bonchev–Trinajstić information content (AvgIpc) is 3.13. The Morgan fingerprint density at radius 1 is 0.724 bits per heavy atom. The van der Waals surface area contributed by atoms with Crippen LogP contribution in [0.15, 0.2) is 34.1 Å². The highest BCUT2D eigenvalue weighted by Gasteiger charge is 2.30. The van der Waals surface area contributed by atoms with E-state index < -0.39 is 20.0 Å². The number of sulfonamides is 2. The maximum Gasteiger partial charge on any atom is 0.243 e. The molecule has 2 fully saturated rings.